The highest BCUT2D eigenvalue weighted by atomic mass is 16.5. The summed E-state index contributed by atoms with van der Waals surface area (Å²) < 4.78 is 12.9. The van der Waals surface area contributed by atoms with Gasteiger partial charge in [-0.1, -0.05) is 18.2 Å². The second-order valence-corrected chi connectivity index (χ2v) is 6.46. The third-order valence-corrected chi connectivity index (χ3v) is 4.63. The van der Waals surface area contributed by atoms with E-state index in [1.165, 1.54) is 0 Å². The second-order valence-electron chi connectivity index (χ2n) is 6.46. The zero-order valence-corrected chi connectivity index (χ0v) is 13.7. The standard InChI is InChI=1S/C18H21N3O3/c1-21-9-15(17(20-21)13-6-7-23-10-13)18(22)19-14-8-12-4-2-3-5-16(12)24-11-14/h2-5,9,13-14H,6-8,10-11H2,1H3,(H,19,22). The smallest absolute Gasteiger partial charge is 0.255 e. The molecule has 2 aliphatic heterocycles. The maximum absolute atomic E-state index is 12.8. The molecule has 0 saturated carbocycles. The van der Waals surface area contributed by atoms with Crippen LogP contribution in [0.5, 0.6) is 5.75 Å². The Labute approximate surface area is 140 Å². The Morgan fingerprint density at radius 2 is 2.21 bits per heavy atom. The van der Waals surface area contributed by atoms with Crippen LogP contribution in [-0.2, 0) is 18.2 Å². The first-order valence-electron chi connectivity index (χ1n) is 8.33. The predicted molar refractivity (Wildman–Crippen MR) is 88.3 cm³/mol. The van der Waals surface area contributed by atoms with E-state index in [0.29, 0.717) is 18.8 Å². The first-order valence-corrected chi connectivity index (χ1v) is 8.33. The van der Waals surface area contributed by atoms with E-state index in [1.807, 2.05) is 31.3 Å². The normalized spacial score (nSPS) is 22.7. The van der Waals surface area contributed by atoms with Crippen LogP contribution >= 0.6 is 0 Å². The Morgan fingerprint density at radius 1 is 1.33 bits per heavy atom. The van der Waals surface area contributed by atoms with Crippen molar-refractivity contribution in [3.8, 4) is 5.75 Å². The average molecular weight is 327 g/mol. The first kappa shape index (κ1) is 15.2. The zero-order chi connectivity index (χ0) is 16.5. The van der Waals surface area contributed by atoms with Gasteiger partial charge < -0.3 is 14.8 Å². The van der Waals surface area contributed by atoms with E-state index in [4.69, 9.17) is 9.47 Å². The van der Waals surface area contributed by atoms with Crippen molar-refractivity contribution in [3.63, 3.8) is 0 Å². The minimum atomic E-state index is -0.0852. The van der Waals surface area contributed by atoms with Gasteiger partial charge in [0.15, 0.2) is 0 Å². The number of nitrogens with one attached hydrogen (secondary N) is 1. The van der Waals surface area contributed by atoms with Gasteiger partial charge in [-0.3, -0.25) is 9.48 Å². The monoisotopic (exact) mass is 327 g/mol. The molecule has 3 heterocycles. The summed E-state index contributed by atoms with van der Waals surface area (Å²) in [5.41, 5.74) is 2.61. The molecule has 2 atom stereocenters. The van der Waals surface area contributed by atoms with Gasteiger partial charge in [-0.2, -0.15) is 5.10 Å². The number of aromatic nitrogens is 2. The number of ether oxygens (including phenoxy) is 2. The highest BCUT2D eigenvalue weighted by Gasteiger charge is 2.28. The molecule has 0 spiro atoms. The Kier molecular flexibility index (Phi) is 3.98. The molecule has 0 aliphatic carbocycles. The molecule has 0 radical (unpaired) electrons. The van der Waals surface area contributed by atoms with Crippen molar-refractivity contribution in [2.24, 2.45) is 7.05 Å². The number of fused-ring (bicyclic) bond motifs is 1. The quantitative estimate of drug-likeness (QED) is 0.931. The number of carbonyl (C=O) groups is 1. The molecule has 6 heteroatoms. The number of aryl methyl sites for hydroxylation is 1. The van der Waals surface area contributed by atoms with Crippen LogP contribution in [0.4, 0.5) is 0 Å². The van der Waals surface area contributed by atoms with Crippen LogP contribution in [0.15, 0.2) is 30.5 Å². The van der Waals surface area contributed by atoms with Crippen molar-refractivity contribution in [1.82, 2.24) is 15.1 Å². The molecule has 1 aromatic carbocycles. The van der Waals surface area contributed by atoms with Crippen molar-refractivity contribution >= 4 is 5.91 Å². The Balaban J connectivity index is 1.49. The van der Waals surface area contributed by atoms with E-state index in [9.17, 15) is 4.79 Å². The van der Waals surface area contributed by atoms with Crippen LogP contribution in [0.25, 0.3) is 0 Å². The predicted octanol–water partition coefficient (Wildman–Crippen LogP) is 1.66. The SMILES string of the molecule is Cn1cc(C(=O)NC2COc3ccccc3C2)c(C2CCOC2)n1. The van der Waals surface area contributed by atoms with Crippen molar-refractivity contribution in [1.29, 1.82) is 0 Å². The average Bonchev–Trinajstić information content (AvgIpc) is 3.24. The van der Waals surface area contributed by atoms with Gasteiger partial charge in [-0.25, -0.2) is 0 Å². The summed E-state index contributed by atoms with van der Waals surface area (Å²) in [7, 11) is 1.84. The summed E-state index contributed by atoms with van der Waals surface area (Å²) in [5.74, 6) is 1.03. The molecule has 126 valence electrons. The van der Waals surface area contributed by atoms with Crippen LogP contribution in [0.3, 0.4) is 0 Å². The summed E-state index contributed by atoms with van der Waals surface area (Å²) in [4.78, 5) is 12.8. The topological polar surface area (TPSA) is 65.4 Å². The zero-order valence-electron chi connectivity index (χ0n) is 13.7. The lowest BCUT2D eigenvalue weighted by Crippen LogP contribution is -2.43. The largest absolute Gasteiger partial charge is 0.491 e. The van der Waals surface area contributed by atoms with Gasteiger partial charge in [0.05, 0.1) is 23.9 Å². The van der Waals surface area contributed by atoms with E-state index in [2.05, 4.69) is 10.4 Å². The number of para-hydroxylation sites is 1. The summed E-state index contributed by atoms with van der Waals surface area (Å²) in [6.07, 6.45) is 3.49. The maximum atomic E-state index is 12.8. The molecule has 24 heavy (non-hydrogen) atoms. The molecule has 0 bridgehead atoms. The number of benzene rings is 1. The minimum absolute atomic E-state index is 0.0275. The van der Waals surface area contributed by atoms with Crippen LogP contribution in [-0.4, -0.2) is 41.6 Å². The van der Waals surface area contributed by atoms with Gasteiger partial charge in [0.25, 0.3) is 5.91 Å². The summed E-state index contributed by atoms with van der Waals surface area (Å²) in [6.45, 7) is 1.86. The lowest BCUT2D eigenvalue weighted by Gasteiger charge is -2.26. The molecule has 2 aliphatic rings. The van der Waals surface area contributed by atoms with Crippen molar-refractivity contribution in [2.75, 3.05) is 19.8 Å². The Morgan fingerprint density at radius 3 is 3.04 bits per heavy atom. The van der Waals surface area contributed by atoms with Gasteiger partial charge in [-0.15, -0.1) is 0 Å². The number of rotatable bonds is 3. The summed E-state index contributed by atoms with van der Waals surface area (Å²) in [6, 6.07) is 7.93. The molecule has 2 unspecified atom stereocenters. The fourth-order valence-electron chi connectivity index (χ4n) is 3.42. The molecule has 1 saturated heterocycles. The van der Waals surface area contributed by atoms with E-state index in [1.54, 1.807) is 10.9 Å². The number of carbonyl (C=O) groups excluding carboxylic acids is 1. The van der Waals surface area contributed by atoms with E-state index >= 15 is 0 Å². The molecule has 1 amide bonds. The highest BCUT2D eigenvalue weighted by molar-refractivity contribution is 5.95. The third-order valence-electron chi connectivity index (χ3n) is 4.63. The molecule has 6 nitrogen and oxygen atoms in total. The molecule has 1 N–H and O–H groups in total. The summed E-state index contributed by atoms with van der Waals surface area (Å²) in [5, 5.41) is 7.58. The van der Waals surface area contributed by atoms with Gasteiger partial charge in [0, 0.05) is 25.8 Å². The van der Waals surface area contributed by atoms with Crippen molar-refractivity contribution < 1.29 is 14.3 Å². The van der Waals surface area contributed by atoms with Gasteiger partial charge in [0.1, 0.15) is 12.4 Å². The number of amides is 1. The van der Waals surface area contributed by atoms with Crippen LogP contribution < -0.4 is 10.1 Å². The van der Waals surface area contributed by atoms with Crippen molar-refractivity contribution in [3.05, 3.63) is 47.3 Å². The third kappa shape index (κ3) is 2.89. The molecule has 4 rings (SSSR count). The van der Waals surface area contributed by atoms with E-state index in [0.717, 1.165) is 36.5 Å². The number of nitrogens with zero attached hydrogens (tertiary/aromatic N) is 2. The maximum Gasteiger partial charge on any atom is 0.255 e. The lowest BCUT2D eigenvalue weighted by molar-refractivity contribution is 0.0913. The van der Waals surface area contributed by atoms with Crippen LogP contribution in [0.2, 0.25) is 0 Å². The van der Waals surface area contributed by atoms with Gasteiger partial charge >= 0.3 is 0 Å². The van der Waals surface area contributed by atoms with E-state index < -0.39 is 0 Å². The molecular formula is C18H21N3O3. The fraction of sp³-hybridized carbons (Fsp3) is 0.444. The minimum Gasteiger partial charge on any atom is -0.491 e. The van der Waals surface area contributed by atoms with Gasteiger partial charge in [-0.05, 0) is 24.5 Å². The van der Waals surface area contributed by atoms with Crippen LogP contribution in [0.1, 0.15) is 34.0 Å². The Hall–Kier alpha value is -2.34. The highest BCUT2D eigenvalue weighted by Crippen LogP contribution is 2.27. The van der Waals surface area contributed by atoms with Gasteiger partial charge in [0.2, 0.25) is 0 Å². The number of hydrogen-bond donors (Lipinski definition) is 1. The summed E-state index contributed by atoms with van der Waals surface area (Å²) >= 11 is 0. The molecule has 1 aromatic heterocycles. The second kappa shape index (κ2) is 6.28. The van der Waals surface area contributed by atoms with Crippen LogP contribution in [0, 0.1) is 0 Å². The molecular weight excluding hydrogens is 306 g/mol. The molecule has 1 fully saturated rings. The number of hydrogen-bond acceptors (Lipinski definition) is 4. The molecule has 2 aromatic rings. The van der Waals surface area contributed by atoms with Crippen molar-refractivity contribution in [2.45, 2.75) is 24.8 Å². The van der Waals surface area contributed by atoms with E-state index in [-0.39, 0.29) is 17.9 Å². The lowest BCUT2D eigenvalue weighted by atomic mass is 9.99. The fourth-order valence-corrected chi connectivity index (χ4v) is 3.42. The first-order chi connectivity index (χ1) is 11.7. The Bertz CT molecular complexity index is 750.